The summed E-state index contributed by atoms with van der Waals surface area (Å²) < 4.78 is 55.9. The quantitative estimate of drug-likeness (QED) is 0.268. The Morgan fingerprint density at radius 2 is 1.58 bits per heavy atom. The van der Waals surface area contributed by atoms with Gasteiger partial charge in [-0.05, 0) is 65.6 Å². The molecule has 4 aromatic rings. The second-order valence-electron chi connectivity index (χ2n) is 7.97. The van der Waals surface area contributed by atoms with Gasteiger partial charge in [-0.1, -0.05) is 55.8 Å². The number of hydrogen-bond acceptors (Lipinski definition) is 2. The van der Waals surface area contributed by atoms with Crippen LogP contribution >= 0.6 is 0 Å². The van der Waals surface area contributed by atoms with Gasteiger partial charge in [-0.3, -0.25) is 4.98 Å². The van der Waals surface area contributed by atoms with Crippen molar-refractivity contribution in [2.75, 3.05) is 0 Å². The lowest BCUT2D eigenvalue weighted by Gasteiger charge is -2.10. The monoisotopic (exact) mass is 453 g/mol. The van der Waals surface area contributed by atoms with Crippen LogP contribution in [0.25, 0.3) is 22.0 Å². The molecule has 3 aromatic carbocycles. The van der Waals surface area contributed by atoms with Crippen molar-refractivity contribution in [3.8, 4) is 17.0 Å². The summed E-state index contributed by atoms with van der Waals surface area (Å²) in [6, 6.07) is 18.9. The number of ether oxygens (including phenoxy) is 1. The van der Waals surface area contributed by atoms with Crippen LogP contribution in [0.15, 0.2) is 72.9 Å². The van der Waals surface area contributed by atoms with E-state index in [0.717, 1.165) is 35.0 Å². The number of hydrogen-bond donors (Lipinski definition) is 0. The summed E-state index contributed by atoms with van der Waals surface area (Å²) in [5.74, 6) is -0.546. The first-order valence-corrected chi connectivity index (χ1v) is 10.8. The van der Waals surface area contributed by atoms with Gasteiger partial charge < -0.3 is 4.74 Å². The van der Waals surface area contributed by atoms with Gasteiger partial charge in [0.2, 0.25) is 0 Å². The number of benzene rings is 3. The highest BCUT2D eigenvalue weighted by atomic mass is 19.4. The zero-order valence-electron chi connectivity index (χ0n) is 18.1. The van der Waals surface area contributed by atoms with Gasteiger partial charge in [0.25, 0.3) is 0 Å². The number of alkyl halides is 3. The van der Waals surface area contributed by atoms with Crippen LogP contribution in [0.2, 0.25) is 0 Å². The van der Waals surface area contributed by atoms with Gasteiger partial charge in [-0.25, -0.2) is 4.39 Å². The molecule has 170 valence electrons. The minimum atomic E-state index is -4.72. The van der Waals surface area contributed by atoms with Gasteiger partial charge in [-0.2, -0.15) is 0 Å². The molecule has 0 N–H and O–H groups in total. The van der Waals surface area contributed by atoms with E-state index in [1.165, 1.54) is 17.7 Å². The fourth-order valence-corrected chi connectivity index (χ4v) is 3.86. The van der Waals surface area contributed by atoms with Crippen molar-refractivity contribution in [1.82, 2.24) is 4.98 Å². The third-order valence-corrected chi connectivity index (χ3v) is 5.53. The predicted octanol–water partition coefficient (Wildman–Crippen LogP) is 7.68. The molecule has 1 aromatic heterocycles. The average molecular weight is 453 g/mol. The van der Waals surface area contributed by atoms with Gasteiger partial charge in [0, 0.05) is 17.1 Å². The Morgan fingerprint density at radius 3 is 2.24 bits per heavy atom. The molecule has 0 radical (unpaired) electrons. The molecule has 4 rings (SSSR count). The molecule has 6 heteroatoms. The van der Waals surface area contributed by atoms with Crippen LogP contribution in [0.5, 0.6) is 5.75 Å². The summed E-state index contributed by atoms with van der Waals surface area (Å²) in [6.07, 6.45) is 0.157. The van der Waals surface area contributed by atoms with Crippen molar-refractivity contribution in [3.63, 3.8) is 0 Å². The van der Waals surface area contributed by atoms with Crippen molar-refractivity contribution in [1.29, 1.82) is 0 Å². The van der Waals surface area contributed by atoms with E-state index in [0.29, 0.717) is 23.8 Å². The molecule has 0 fully saturated rings. The Bertz CT molecular complexity index is 1230. The molecule has 0 amide bonds. The molecule has 0 aliphatic heterocycles. The minimum absolute atomic E-state index is 0.270. The van der Waals surface area contributed by atoms with Crippen molar-refractivity contribution in [3.05, 3.63) is 95.4 Å². The molecule has 0 aliphatic carbocycles. The van der Waals surface area contributed by atoms with E-state index in [-0.39, 0.29) is 11.6 Å². The maximum absolute atomic E-state index is 15.1. The predicted molar refractivity (Wildman–Crippen MR) is 122 cm³/mol. The smallest absolute Gasteiger partial charge is 0.406 e. The van der Waals surface area contributed by atoms with E-state index < -0.39 is 6.36 Å². The molecule has 1 heterocycles. The number of halogens is 4. The van der Waals surface area contributed by atoms with Crippen LogP contribution in [0.4, 0.5) is 17.6 Å². The molecule has 0 bridgehead atoms. The van der Waals surface area contributed by atoms with Crippen LogP contribution in [-0.2, 0) is 19.3 Å². The standard InChI is InChI=1S/C27H23F4NO/c1-2-3-19-7-15-25(32-17-19)22-11-14-24-21(16-22)10-9-20(26(24)28)8-4-18-5-12-23(13-6-18)33-27(29,30)31/h5-7,9-17H,2-4,8H2,1H3. The average Bonchev–Trinajstić information content (AvgIpc) is 2.79. The SMILES string of the molecule is CCCc1ccc(-c2ccc3c(F)c(CCc4ccc(OC(F)(F)F)cc4)ccc3c2)nc1. The molecule has 2 nitrogen and oxygen atoms in total. The molecule has 33 heavy (non-hydrogen) atoms. The lowest BCUT2D eigenvalue weighted by atomic mass is 9.98. The normalized spacial score (nSPS) is 11.7. The molecule has 0 atom stereocenters. The number of pyridine rings is 1. The van der Waals surface area contributed by atoms with E-state index in [2.05, 4.69) is 22.7 Å². The van der Waals surface area contributed by atoms with Gasteiger partial charge in [0.1, 0.15) is 11.6 Å². The third-order valence-electron chi connectivity index (χ3n) is 5.53. The number of aromatic nitrogens is 1. The fourth-order valence-electron chi connectivity index (χ4n) is 3.86. The molecule has 0 spiro atoms. The van der Waals surface area contributed by atoms with E-state index in [1.54, 1.807) is 24.3 Å². The summed E-state index contributed by atoms with van der Waals surface area (Å²) in [4.78, 5) is 4.54. The Balaban J connectivity index is 1.48. The van der Waals surface area contributed by atoms with Crippen LogP contribution in [0, 0.1) is 5.82 Å². The van der Waals surface area contributed by atoms with Gasteiger partial charge >= 0.3 is 6.36 Å². The summed E-state index contributed by atoms with van der Waals surface area (Å²) in [5, 5.41) is 1.33. The second-order valence-corrected chi connectivity index (χ2v) is 7.97. The summed E-state index contributed by atoms with van der Waals surface area (Å²) >= 11 is 0. The largest absolute Gasteiger partial charge is 0.573 e. The Labute approximate surface area is 189 Å². The van der Waals surface area contributed by atoms with E-state index in [9.17, 15) is 13.2 Å². The Morgan fingerprint density at radius 1 is 0.818 bits per heavy atom. The molecule has 0 aliphatic rings. The lowest BCUT2D eigenvalue weighted by Crippen LogP contribution is -2.17. The van der Waals surface area contributed by atoms with Crippen LogP contribution in [0.1, 0.15) is 30.0 Å². The van der Waals surface area contributed by atoms with Crippen LogP contribution in [0.3, 0.4) is 0 Å². The lowest BCUT2D eigenvalue weighted by molar-refractivity contribution is -0.274. The number of fused-ring (bicyclic) bond motifs is 1. The zero-order valence-corrected chi connectivity index (χ0v) is 18.1. The first kappa shape index (κ1) is 22.8. The summed E-state index contributed by atoms with van der Waals surface area (Å²) in [7, 11) is 0. The Hall–Kier alpha value is -3.41. The molecule has 0 unspecified atom stereocenters. The third kappa shape index (κ3) is 5.69. The molecule has 0 saturated carbocycles. The highest BCUT2D eigenvalue weighted by molar-refractivity contribution is 5.88. The highest BCUT2D eigenvalue weighted by Gasteiger charge is 2.30. The van der Waals surface area contributed by atoms with Crippen molar-refractivity contribution in [2.24, 2.45) is 0 Å². The first-order chi connectivity index (χ1) is 15.8. The van der Waals surface area contributed by atoms with Crippen LogP contribution in [-0.4, -0.2) is 11.3 Å². The van der Waals surface area contributed by atoms with Crippen molar-refractivity contribution >= 4 is 10.8 Å². The topological polar surface area (TPSA) is 22.1 Å². The summed E-state index contributed by atoms with van der Waals surface area (Å²) in [5.41, 5.74) is 4.34. The highest BCUT2D eigenvalue weighted by Crippen LogP contribution is 2.28. The van der Waals surface area contributed by atoms with Crippen molar-refractivity contribution < 1.29 is 22.3 Å². The minimum Gasteiger partial charge on any atom is -0.406 e. The second kappa shape index (κ2) is 9.61. The van der Waals surface area contributed by atoms with Gasteiger partial charge in [0.15, 0.2) is 0 Å². The van der Waals surface area contributed by atoms with E-state index >= 15 is 4.39 Å². The zero-order chi connectivity index (χ0) is 23.4. The number of aryl methyl sites for hydroxylation is 3. The molecular weight excluding hydrogens is 430 g/mol. The Kier molecular flexibility index (Phi) is 6.63. The number of nitrogens with zero attached hydrogens (tertiary/aromatic N) is 1. The summed E-state index contributed by atoms with van der Waals surface area (Å²) in [6.45, 7) is 2.13. The van der Waals surface area contributed by atoms with Crippen molar-refractivity contribution in [2.45, 2.75) is 39.0 Å². The number of rotatable bonds is 7. The van der Waals surface area contributed by atoms with Crippen LogP contribution < -0.4 is 4.74 Å². The fraction of sp³-hybridized carbons (Fsp3) is 0.222. The first-order valence-electron chi connectivity index (χ1n) is 10.8. The van der Waals surface area contributed by atoms with Gasteiger partial charge in [-0.15, -0.1) is 13.2 Å². The van der Waals surface area contributed by atoms with E-state index in [4.69, 9.17) is 0 Å². The van der Waals surface area contributed by atoms with E-state index in [1.807, 2.05) is 30.5 Å². The maximum Gasteiger partial charge on any atom is 0.573 e. The molecule has 0 saturated heterocycles. The van der Waals surface area contributed by atoms with Gasteiger partial charge in [0.05, 0.1) is 5.69 Å². The maximum atomic E-state index is 15.1. The molecular formula is C27H23F4NO.